The molecule has 0 unspecified atom stereocenters. The van der Waals surface area contributed by atoms with Crippen molar-refractivity contribution in [3.05, 3.63) is 46.3 Å². The Kier molecular flexibility index (Phi) is 4.98. The number of anilines is 2. The van der Waals surface area contributed by atoms with Crippen LogP contribution < -0.4 is 10.6 Å². The van der Waals surface area contributed by atoms with E-state index in [2.05, 4.69) is 20.6 Å². The van der Waals surface area contributed by atoms with Crippen LogP contribution >= 0.6 is 23.2 Å². The molecule has 0 aliphatic heterocycles. The molecular formula is C14H14Cl2N4O. The van der Waals surface area contributed by atoms with Crippen molar-refractivity contribution >= 4 is 40.6 Å². The molecule has 0 radical (unpaired) electrons. The van der Waals surface area contributed by atoms with Gasteiger partial charge in [-0.1, -0.05) is 23.2 Å². The van der Waals surface area contributed by atoms with Gasteiger partial charge in [0.05, 0.1) is 10.7 Å². The molecule has 0 aliphatic rings. The van der Waals surface area contributed by atoms with Gasteiger partial charge >= 0.3 is 0 Å². The number of nitrogens with zero attached hydrogens (tertiary/aromatic N) is 2. The van der Waals surface area contributed by atoms with Crippen molar-refractivity contribution in [1.29, 1.82) is 0 Å². The second kappa shape index (κ2) is 6.74. The summed E-state index contributed by atoms with van der Waals surface area (Å²) in [6.45, 7) is 3.76. The van der Waals surface area contributed by atoms with E-state index in [1.807, 2.05) is 13.8 Å². The highest BCUT2D eigenvalue weighted by Gasteiger charge is 2.10. The summed E-state index contributed by atoms with van der Waals surface area (Å²) >= 11 is 11.9. The van der Waals surface area contributed by atoms with Crippen LogP contribution in [0.2, 0.25) is 10.0 Å². The number of halogens is 2. The number of aromatic nitrogens is 2. The third kappa shape index (κ3) is 4.31. The van der Waals surface area contributed by atoms with Crippen LogP contribution in [0.3, 0.4) is 0 Å². The molecule has 0 fully saturated rings. The number of rotatable bonds is 4. The van der Waals surface area contributed by atoms with Crippen LogP contribution in [0.25, 0.3) is 0 Å². The van der Waals surface area contributed by atoms with Crippen molar-refractivity contribution < 1.29 is 4.79 Å². The molecule has 1 heterocycles. The van der Waals surface area contributed by atoms with E-state index in [0.29, 0.717) is 21.6 Å². The smallest absolute Gasteiger partial charge is 0.270 e. The lowest BCUT2D eigenvalue weighted by Gasteiger charge is -2.10. The summed E-state index contributed by atoms with van der Waals surface area (Å²) in [4.78, 5) is 19.9. The van der Waals surface area contributed by atoms with Crippen molar-refractivity contribution in [3.8, 4) is 0 Å². The molecule has 1 aromatic heterocycles. The predicted molar refractivity (Wildman–Crippen MR) is 84.4 cm³/mol. The molecule has 2 aromatic rings. The zero-order chi connectivity index (χ0) is 15.4. The van der Waals surface area contributed by atoms with E-state index in [1.54, 1.807) is 24.3 Å². The monoisotopic (exact) mass is 324 g/mol. The van der Waals surface area contributed by atoms with Gasteiger partial charge in [0.25, 0.3) is 5.91 Å². The second-order valence-corrected chi connectivity index (χ2v) is 5.51. The molecule has 0 bridgehead atoms. The Labute approximate surface area is 132 Å². The Bertz CT molecular complexity index is 661. The third-order valence-electron chi connectivity index (χ3n) is 2.51. The van der Waals surface area contributed by atoms with Crippen molar-refractivity contribution in [2.75, 3.05) is 5.32 Å². The van der Waals surface area contributed by atoms with Crippen molar-refractivity contribution in [3.63, 3.8) is 0 Å². The summed E-state index contributed by atoms with van der Waals surface area (Å²) in [6, 6.07) is 6.67. The number of hydrogen-bond acceptors (Lipinski definition) is 4. The fourth-order valence-corrected chi connectivity index (χ4v) is 2.07. The molecule has 21 heavy (non-hydrogen) atoms. The maximum Gasteiger partial charge on any atom is 0.270 e. The number of amides is 1. The van der Waals surface area contributed by atoms with E-state index in [-0.39, 0.29) is 17.6 Å². The Morgan fingerprint density at radius 1 is 1.19 bits per heavy atom. The lowest BCUT2D eigenvalue weighted by molar-refractivity contribution is 0.0938. The molecule has 110 valence electrons. The average Bonchev–Trinajstić information content (AvgIpc) is 2.41. The summed E-state index contributed by atoms with van der Waals surface area (Å²) in [6.07, 6.45) is 1.32. The summed E-state index contributed by atoms with van der Waals surface area (Å²) in [5, 5.41) is 6.81. The topological polar surface area (TPSA) is 66.9 Å². The zero-order valence-corrected chi connectivity index (χ0v) is 13.0. The van der Waals surface area contributed by atoms with E-state index in [4.69, 9.17) is 23.2 Å². The molecule has 2 N–H and O–H groups in total. The van der Waals surface area contributed by atoms with Gasteiger partial charge < -0.3 is 10.6 Å². The van der Waals surface area contributed by atoms with Gasteiger partial charge in [0, 0.05) is 17.1 Å². The number of carbonyl (C=O) groups excluding carboxylic acids is 1. The van der Waals surface area contributed by atoms with E-state index < -0.39 is 0 Å². The van der Waals surface area contributed by atoms with Crippen LogP contribution in [0.1, 0.15) is 24.3 Å². The maximum absolute atomic E-state index is 11.9. The maximum atomic E-state index is 11.9. The van der Waals surface area contributed by atoms with Crippen LogP contribution in [0, 0.1) is 0 Å². The quantitative estimate of drug-likeness (QED) is 0.900. The predicted octanol–water partition coefficient (Wildman–Crippen LogP) is 3.67. The molecule has 0 atom stereocenters. The van der Waals surface area contributed by atoms with Crippen molar-refractivity contribution in [1.82, 2.24) is 15.3 Å². The molecule has 0 saturated carbocycles. The SMILES string of the molecule is CC(C)NC(=O)c1cc(Nc2ccc(Cl)cc2Cl)ncn1. The van der Waals surface area contributed by atoms with Crippen LogP contribution in [0.15, 0.2) is 30.6 Å². The van der Waals surface area contributed by atoms with Gasteiger partial charge in [-0.25, -0.2) is 9.97 Å². The Hall–Kier alpha value is -1.85. The minimum absolute atomic E-state index is 0.0367. The third-order valence-corrected chi connectivity index (χ3v) is 3.06. The fourth-order valence-electron chi connectivity index (χ4n) is 1.61. The lowest BCUT2D eigenvalue weighted by Crippen LogP contribution is -2.30. The first-order valence-electron chi connectivity index (χ1n) is 6.30. The highest BCUT2D eigenvalue weighted by Crippen LogP contribution is 2.27. The highest BCUT2D eigenvalue weighted by atomic mass is 35.5. The first kappa shape index (κ1) is 15.5. The van der Waals surface area contributed by atoms with E-state index in [1.165, 1.54) is 6.33 Å². The Balaban J connectivity index is 2.19. The summed E-state index contributed by atoms with van der Waals surface area (Å²) < 4.78 is 0. The van der Waals surface area contributed by atoms with Crippen LogP contribution in [-0.2, 0) is 0 Å². The van der Waals surface area contributed by atoms with Crippen LogP contribution in [0.4, 0.5) is 11.5 Å². The minimum Gasteiger partial charge on any atom is -0.349 e. The first-order chi connectivity index (χ1) is 9.95. The molecule has 1 amide bonds. The number of carbonyl (C=O) groups is 1. The molecule has 0 saturated heterocycles. The normalized spacial score (nSPS) is 10.5. The molecule has 1 aromatic carbocycles. The second-order valence-electron chi connectivity index (χ2n) is 4.67. The summed E-state index contributed by atoms with van der Waals surface area (Å²) in [5.41, 5.74) is 0.932. The Morgan fingerprint density at radius 2 is 1.95 bits per heavy atom. The van der Waals surface area contributed by atoms with E-state index in [0.717, 1.165) is 0 Å². The van der Waals surface area contributed by atoms with Gasteiger partial charge in [0.1, 0.15) is 17.8 Å². The van der Waals surface area contributed by atoms with E-state index in [9.17, 15) is 4.79 Å². The largest absolute Gasteiger partial charge is 0.349 e. The van der Waals surface area contributed by atoms with Gasteiger partial charge in [-0.05, 0) is 32.0 Å². The first-order valence-corrected chi connectivity index (χ1v) is 7.06. The molecular weight excluding hydrogens is 311 g/mol. The summed E-state index contributed by atoms with van der Waals surface area (Å²) in [5.74, 6) is 0.223. The zero-order valence-electron chi connectivity index (χ0n) is 11.5. The minimum atomic E-state index is -0.252. The fraction of sp³-hybridized carbons (Fsp3) is 0.214. The number of hydrogen-bond donors (Lipinski definition) is 2. The van der Waals surface area contributed by atoms with Crippen molar-refractivity contribution in [2.24, 2.45) is 0 Å². The molecule has 0 aliphatic carbocycles. The number of benzene rings is 1. The van der Waals surface area contributed by atoms with Gasteiger partial charge in [0.15, 0.2) is 0 Å². The van der Waals surface area contributed by atoms with Crippen molar-refractivity contribution in [2.45, 2.75) is 19.9 Å². The van der Waals surface area contributed by atoms with E-state index >= 15 is 0 Å². The van der Waals surface area contributed by atoms with Crippen LogP contribution in [0.5, 0.6) is 0 Å². The molecule has 5 nitrogen and oxygen atoms in total. The van der Waals surface area contributed by atoms with Gasteiger partial charge in [-0.3, -0.25) is 4.79 Å². The molecule has 0 spiro atoms. The number of nitrogens with one attached hydrogen (secondary N) is 2. The lowest BCUT2D eigenvalue weighted by atomic mass is 10.3. The molecule has 7 heteroatoms. The van der Waals surface area contributed by atoms with Gasteiger partial charge in [0.2, 0.25) is 0 Å². The van der Waals surface area contributed by atoms with Gasteiger partial charge in [-0.15, -0.1) is 0 Å². The van der Waals surface area contributed by atoms with Gasteiger partial charge in [-0.2, -0.15) is 0 Å². The Morgan fingerprint density at radius 3 is 2.62 bits per heavy atom. The summed E-state index contributed by atoms with van der Waals surface area (Å²) in [7, 11) is 0. The van der Waals surface area contributed by atoms with Crippen LogP contribution in [-0.4, -0.2) is 21.9 Å². The molecule has 2 rings (SSSR count). The standard InChI is InChI=1S/C14H14Cl2N4O/c1-8(2)19-14(21)12-6-13(18-7-17-12)20-11-4-3-9(15)5-10(11)16/h3-8H,1-2H3,(H,19,21)(H,17,18,20). The highest BCUT2D eigenvalue weighted by molar-refractivity contribution is 6.36. The average molecular weight is 325 g/mol.